The van der Waals surface area contributed by atoms with Crippen LogP contribution in [0.15, 0.2) is 0 Å². The number of hydrogen-bond acceptors (Lipinski definition) is 7. The molecule has 3 fully saturated rings. The summed E-state index contributed by atoms with van der Waals surface area (Å²) in [5.41, 5.74) is 0. The van der Waals surface area contributed by atoms with Gasteiger partial charge in [-0.2, -0.15) is 0 Å². The third-order valence-corrected chi connectivity index (χ3v) is 5.06. The predicted octanol–water partition coefficient (Wildman–Crippen LogP) is 0.239. The topological polar surface area (TPSA) is 105 Å². The molecule has 6 atom stereocenters. The summed E-state index contributed by atoms with van der Waals surface area (Å²) in [6.45, 7) is 1.85. The van der Waals surface area contributed by atoms with Gasteiger partial charge in [-0.15, -0.1) is 0 Å². The Labute approximate surface area is 135 Å². The van der Waals surface area contributed by atoms with Crippen molar-refractivity contribution in [3.05, 3.63) is 0 Å². The van der Waals surface area contributed by atoms with Crippen molar-refractivity contribution in [2.24, 2.45) is 0 Å². The number of aliphatic hydroxyl groups is 3. The van der Waals surface area contributed by atoms with Gasteiger partial charge in [0, 0.05) is 19.3 Å². The maximum Gasteiger partial charge on any atom is 0.306 e. The second kappa shape index (κ2) is 6.64. The van der Waals surface area contributed by atoms with Crippen LogP contribution in [0.3, 0.4) is 0 Å². The van der Waals surface area contributed by atoms with E-state index >= 15 is 0 Å². The molecule has 0 aromatic rings. The summed E-state index contributed by atoms with van der Waals surface area (Å²) in [7, 11) is 0. The van der Waals surface area contributed by atoms with Gasteiger partial charge in [0.05, 0.1) is 0 Å². The normalized spacial score (nSPS) is 42.4. The van der Waals surface area contributed by atoms with Crippen LogP contribution in [-0.2, 0) is 19.0 Å². The van der Waals surface area contributed by atoms with Gasteiger partial charge in [0.15, 0.2) is 11.9 Å². The zero-order valence-corrected chi connectivity index (χ0v) is 13.4. The van der Waals surface area contributed by atoms with Crippen LogP contribution in [0, 0.1) is 0 Å². The Balaban J connectivity index is 1.80. The van der Waals surface area contributed by atoms with Crippen LogP contribution in [0.4, 0.5) is 0 Å². The smallest absolute Gasteiger partial charge is 0.306 e. The second-order valence-corrected chi connectivity index (χ2v) is 6.81. The molecule has 0 aromatic heterocycles. The second-order valence-electron chi connectivity index (χ2n) is 6.81. The van der Waals surface area contributed by atoms with E-state index in [2.05, 4.69) is 0 Å². The van der Waals surface area contributed by atoms with E-state index in [4.69, 9.17) is 14.2 Å². The Kier molecular flexibility index (Phi) is 4.94. The molecule has 0 amide bonds. The molecule has 1 saturated heterocycles. The van der Waals surface area contributed by atoms with E-state index in [1.54, 1.807) is 0 Å². The molecule has 1 heterocycles. The highest BCUT2D eigenvalue weighted by atomic mass is 16.8. The van der Waals surface area contributed by atoms with E-state index in [1.807, 2.05) is 6.92 Å². The molecule has 7 heteroatoms. The van der Waals surface area contributed by atoms with Crippen molar-refractivity contribution in [1.82, 2.24) is 0 Å². The largest absolute Gasteiger partial charge is 0.457 e. The fraction of sp³-hybridized carbons (Fsp3) is 0.938. The van der Waals surface area contributed by atoms with Crippen LogP contribution in [0.1, 0.15) is 51.9 Å². The van der Waals surface area contributed by atoms with Gasteiger partial charge in [0.1, 0.15) is 30.5 Å². The lowest BCUT2D eigenvalue weighted by Crippen LogP contribution is -2.63. The van der Waals surface area contributed by atoms with Crippen LogP contribution in [0.2, 0.25) is 0 Å². The first-order valence-corrected chi connectivity index (χ1v) is 8.57. The summed E-state index contributed by atoms with van der Waals surface area (Å²) in [6.07, 6.45) is -1.40. The Morgan fingerprint density at radius 2 is 1.70 bits per heavy atom. The van der Waals surface area contributed by atoms with Crippen LogP contribution >= 0.6 is 0 Å². The first kappa shape index (κ1) is 17.1. The SMILES string of the molecule is CCCC(=O)O[C@H]1[C@H](O)[C@@H](O)[C@H](O)[C@@H]2OC3(CCCCC3)O[C@H]12. The van der Waals surface area contributed by atoms with E-state index in [-0.39, 0.29) is 6.42 Å². The van der Waals surface area contributed by atoms with Gasteiger partial charge in [-0.05, 0) is 19.3 Å². The number of rotatable bonds is 3. The third kappa shape index (κ3) is 3.13. The summed E-state index contributed by atoms with van der Waals surface area (Å²) in [4.78, 5) is 11.8. The van der Waals surface area contributed by atoms with Crippen molar-refractivity contribution in [2.75, 3.05) is 0 Å². The quantitative estimate of drug-likeness (QED) is 0.637. The number of esters is 1. The molecule has 3 N–H and O–H groups in total. The zero-order valence-electron chi connectivity index (χ0n) is 13.4. The van der Waals surface area contributed by atoms with E-state index in [0.29, 0.717) is 19.3 Å². The molecule has 3 aliphatic rings. The summed E-state index contributed by atoms with van der Waals surface area (Å²) >= 11 is 0. The molecule has 0 unspecified atom stereocenters. The first-order chi connectivity index (χ1) is 11.0. The fourth-order valence-electron chi connectivity index (χ4n) is 3.84. The van der Waals surface area contributed by atoms with Crippen molar-refractivity contribution < 1.29 is 34.3 Å². The Hall–Kier alpha value is -0.730. The predicted molar refractivity (Wildman–Crippen MR) is 78.4 cm³/mol. The average molecular weight is 330 g/mol. The Morgan fingerprint density at radius 3 is 2.35 bits per heavy atom. The van der Waals surface area contributed by atoms with Crippen LogP contribution in [0.5, 0.6) is 0 Å². The minimum Gasteiger partial charge on any atom is -0.457 e. The minimum atomic E-state index is -1.43. The Morgan fingerprint density at radius 1 is 1.04 bits per heavy atom. The molecule has 1 aliphatic heterocycles. The number of carbonyl (C=O) groups excluding carboxylic acids is 1. The van der Waals surface area contributed by atoms with Crippen LogP contribution in [-0.4, -0.2) is 63.7 Å². The number of ether oxygens (including phenoxy) is 3. The summed E-state index contributed by atoms with van der Waals surface area (Å²) in [5.74, 6) is -1.25. The highest BCUT2D eigenvalue weighted by Crippen LogP contribution is 2.45. The molecular formula is C16H26O7. The number of carbonyl (C=O) groups is 1. The fourth-order valence-corrected chi connectivity index (χ4v) is 3.84. The molecule has 3 rings (SSSR count). The molecule has 7 nitrogen and oxygen atoms in total. The van der Waals surface area contributed by atoms with Crippen molar-refractivity contribution in [1.29, 1.82) is 0 Å². The highest BCUT2D eigenvalue weighted by Gasteiger charge is 2.61. The maximum absolute atomic E-state index is 11.8. The average Bonchev–Trinajstić information content (AvgIpc) is 2.89. The first-order valence-electron chi connectivity index (χ1n) is 8.57. The Bertz CT molecular complexity index is 434. The standard InChI is InChI=1S/C16H26O7/c1-2-6-9(17)21-13-11(19)10(18)12(20)14-15(13)23-16(22-14)7-4-3-5-8-16/h10-15,18-20H,2-8H2,1H3/t10-,11-,12+,13+,14+,15-/m1/s1. The monoisotopic (exact) mass is 330 g/mol. The molecule has 132 valence electrons. The van der Waals surface area contributed by atoms with Crippen molar-refractivity contribution in [3.63, 3.8) is 0 Å². The minimum absolute atomic E-state index is 0.227. The molecule has 23 heavy (non-hydrogen) atoms. The van der Waals surface area contributed by atoms with Gasteiger partial charge in [-0.3, -0.25) is 4.79 Å². The molecule has 2 aliphatic carbocycles. The van der Waals surface area contributed by atoms with Gasteiger partial charge < -0.3 is 29.5 Å². The summed E-state index contributed by atoms with van der Waals surface area (Å²) < 4.78 is 17.4. The van der Waals surface area contributed by atoms with Gasteiger partial charge in [-0.25, -0.2) is 0 Å². The van der Waals surface area contributed by atoms with E-state index in [0.717, 1.165) is 19.3 Å². The highest BCUT2D eigenvalue weighted by molar-refractivity contribution is 5.69. The van der Waals surface area contributed by atoms with Crippen molar-refractivity contribution in [2.45, 2.75) is 94.3 Å². The summed E-state index contributed by atoms with van der Waals surface area (Å²) in [5, 5.41) is 30.5. The molecule has 0 bridgehead atoms. The lowest BCUT2D eigenvalue weighted by atomic mass is 9.85. The van der Waals surface area contributed by atoms with E-state index in [1.165, 1.54) is 0 Å². The van der Waals surface area contributed by atoms with Crippen LogP contribution in [0.25, 0.3) is 0 Å². The molecule has 0 aromatic carbocycles. The number of aliphatic hydroxyl groups excluding tert-OH is 3. The maximum atomic E-state index is 11.8. The third-order valence-electron chi connectivity index (χ3n) is 5.06. The zero-order chi connectivity index (χ0) is 16.6. The van der Waals surface area contributed by atoms with Gasteiger partial charge >= 0.3 is 5.97 Å². The van der Waals surface area contributed by atoms with E-state index < -0.39 is 48.4 Å². The van der Waals surface area contributed by atoms with E-state index in [9.17, 15) is 20.1 Å². The van der Waals surface area contributed by atoms with Crippen molar-refractivity contribution in [3.8, 4) is 0 Å². The van der Waals surface area contributed by atoms with Crippen molar-refractivity contribution >= 4 is 5.97 Å². The van der Waals surface area contributed by atoms with Gasteiger partial charge in [0.25, 0.3) is 0 Å². The molecule has 0 radical (unpaired) electrons. The summed E-state index contributed by atoms with van der Waals surface area (Å²) in [6, 6.07) is 0. The number of fused-ring (bicyclic) bond motifs is 1. The molecule has 1 spiro atoms. The lowest BCUT2D eigenvalue weighted by Gasteiger charge is -2.40. The number of hydrogen-bond donors (Lipinski definition) is 3. The molecule has 2 saturated carbocycles. The molecular weight excluding hydrogens is 304 g/mol. The van der Waals surface area contributed by atoms with Gasteiger partial charge in [0.2, 0.25) is 0 Å². The van der Waals surface area contributed by atoms with Gasteiger partial charge in [-0.1, -0.05) is 13.3 Å². The van der Waals surface area contributed by atoms with Crippen LogP contribution < -0.4 is 0 Å². The lowest BCUT2D eigenvalue weighted by molar-refractivity contribution is -0.212.